The number of rotatable bonds is 7. The van der Waals surface area contributed by atoms with Gasteiger partial charge in [0.2, 0.25) is 5.91 Å². The Hall–Kier alpha value is -3.40. The van der Waals surface area contributed by atoms with E-state index in [0.29, 0.717) is 48.1 Å². The average Bonchev–Trinajstić information content (AvgIpc) is 3.48. The first-order valence-corrected chi connectivity index (χ1v) is 10.7. The number of nitrogens with one attached hydrogen (secondary N) is 2. The van der Waals surface area contributed by atoms with Crippen LogP contribution < -0.4 is 16.4 Å². The van der Waals surface area contributed by atoms with Gasteiger partial charge < -0.3 is 20.7 Å². The van der Waals surface area contributed by atoms with Crippen molar-refractivity contribution in [1.82, 2.24) is 20.0 Å². The smallest absolute Gasteiger partial charge is 0.411 e. The molecular formula is C22H28N6O4. The number of methoxy groups -OCH3 is 1. The molecular weight excluding hydrogens is 412 g/mol. The summed E-state index contributed by atoms with van der Waals surface area (Å²) < 4.78 is 6.41. The van der Waals surface area contributed by atoms with Crippen molar-refractivity contribution in [3.8, 4) is 11.3 Å². The van der Waals surface area contributed by atoms with Gasteiger partial charge in [0.15, 0.2) is 0 Å². The highest BCUT2D eigenvalue weighted by atomic mass is 16.5. The number of anilines is 1. The molecule has 2 aliphatic rings. The number of aromatic nitrogens is 2. The molecule has 1 atom stereocenters. The van der Waals surface area contributed by atoms with Crippen molar-refractivity contribution >= 4 is 23.6 Å². The van der Waals surface area contributed by atoms with Gasteiger partial charge in [-0.15, -0.1) is 0 Å². The van der Waals surface area contributed by atoms with Crippen LogP contribution in [-0.2, 0) is 16.1 Å². The largest absolute Gasteiger partial charge is 0.453 e. The number of nitrogens with two attached hydrogens (primary N) is 1. The van der Waals surface area contributed by atoms with Gasteiger partial charge in [-0.05, 0) is 43.4 Å². The highest BCUT2D eigenvalue weighted by Gasteiger charge is 2.32. The predicted octanol–water partition coefficient (Wildman–Crippen LogP) is 2.08. The predicted molar refractivity (Wildman–Crippen MR) is 118 cm³/mol. The second-order valence-corrected chi connectivity index (χ2v) is 8.34. The molecule has 4 N–H and O–H groups in total. The summed E-state index contributed by atoms with van der Waals surface area (Å²) in [4.78, 5) is 38.6. The lowest BCUT2D eigenvalue weighted by molar-refractivity contribution is -0.122. The Bertz CT molecular complexity index is 1050. The Morgan fingerprint density at radius 3 is 2.75 bits per heavy atom. The van der Waals surface area contributed by atoms with Crippen molar-refractivity contribution < 1.29 is 19.1 Å². The maximum absolute atomic E-state index is 13.1. The molecule has 32 heavy (non-hydrogen) atoms. The third-order valence-corrected chi connectivity index (χ3v) is 5.80. The molecule has 0 spiro atoms. The standard InChI is InChI=1S/C22H28N6O4/c1-13-11-27(12-24-20(29)8-14-3-4-14)21(30)19-9-18(26-28(13)19)16-6-5-15(10-23)7-17(16)25-22(31)32-2/h5-7,9,13-14H,3-4,8,10-12,23H2,1-2H3,(H,24,29)(H,25,31). The molecule has 1 aromatic carbocycles. The highest BCUT2D eigenvalue weighted by molar-refractivity contribution is 5.96. The monoisotopic (exact) mass is 440 g/mol. The van der Waals surface area contributed by atoms with Gasteiger partial charge in [-0.2, -0.15) is 5.10 Å². The Morgan fingerprint density at radius 2 is 2.06 bits per heavy atom. The first kappa shape index (κ1) is 21.8. The summed E-state index contributed by atoms with van der Waals surface area (Å²) in [5, 5.41) is 10.2. The Kier molecular flexibility index (Phi) is 6.13. The van der Waals surface area contributed by atoms with E-state index in [2.05, 4.69) is 15.7 Å². The summed E-state index contributed by atoms with van der Waals surface area (Å²) in [6.45, 7) is 2.90. The third-order valence-electron chi connectivity index (χ3n) is 5.80. The van der Waals surface area contributed by atoms with Crippen LogP contribution in [0.1, 0.15) is 48.3 Å². The summed E-state index contributed by atoms with van der Waals surface area (Å²) in [6, 6.07) is 7.06. The van der Waals surface area contributed by atoms with E-state index in [0.717, 1.165) is 18.4 Å². The first-order chi connectivity index (χ1) is 15.4. The quantitative estimate of drug-likeness (QED) is 0.604. The van der Waals surface area contributed by atoms with E-state index in [4.69, 9.17) is 10.5 Å². The number of carbonyl (C=O) groups excluding carboxylic acids is 3. The minimum atomic E-state index is -0.609. The van der Waals surface area contributed by atoms with Crippen LogP contribution in [0.4, 0.5) is 10.5 Å². The maximum atomic E-state index is 13.1. The van der Waals surface area contributed by atoms with E-state index in [-0.39, 0.29) is 24.5 Å². The lowest BCUT2D eigenvalue weighted by atomic mass is 10.1. The van der Waals surface area contributed by atoms with E-state index >= 15 is 0 Å². The number of amides is 3. The van der Waals surface area contributed by atoms with E-state index in [1.807, 2.05) is 19.1 Å². The number of hydrogen-bond acceptors (Lipinski definition) is 6. The van der Waals surface area contributed by atoms with E-state index in [1.165, 1.54) is 7.11 Å². The van der Waals surface area contributed by atoms with Gasteiger partial charge in [0, 0.05) is 25.1 Å². The third kappa shape index (κ3) is 4.59. The molecule has 1 aliphatic heterocycles. The molecule has 10 heteroatoms. The molecule has 2 heterocycles. The minimum Gasteiger partial charge on any atom is -0.453 e. The molecule has 1 aliphatic carbocycles. The van der Waals surface area contributed by atoms with Gasteiger partial charge in [-0.25, -0.2) is 4.79 Å². The Labute approximate surface area is 186 Å². The normalized spacial score (nSPS) is 17.7. The van der Waals surface area contributed by atoms with E-state index < -0.39 is 6.09 Å². The van der Waals surface area contributed by atoms with Crippen molar-refractivity contribution in [1.29, 1.82) is 0 Å². The van der Waals surface area contributed by atoms with Crippen molar-refractivity contribution in [3.63, 3.8) is 0 Å². The molecule has 4 rings (SSSR count). The maximum Gasteiger partial charge on any atom is 0.411 e. The number of carbonyl (C=O) groups is 3. The summed E-state index contributed by atoms with van der Waals surface area (Å²) >= 11 is 0. The summed E-state index contributed by atoms with van der Waals surface area (Å²) in [5.41, 5.74) is 8.71. The molecule has 10 nitrogen and oxygen atoms in total. The fraction of sp³-hybridized carbons (Fsp3) is 0.455. The van der Waals surface area contributed by atoms with Crippen LogP contribution in [0.15, 0.2) is 24.3 Å². The minimum absolute atomic E-state index is 0.0220. The van der Waals surface area contributed by atoms with Crippen LogP contribution in [-0.4, -0.2) is 52.9 Å². The number of fused-ring (bicyclic) bond motifs is 1. The molecule has 1 aromatic heterocycles. The lowest BCUT2D eigenvalue weighted by Gasteiger charge is -2.31. The van der Waals surface area contributed by atoms with Crippen LogP contribution in [0.3, 0.4) is 0 Å². The molecule has 170 valence electrons. The number of hydrogen-bond donors (Lipinski definition) is 3. The Morgan fingerprint density at radius 1 is 1.28 bits per heavy atom. The van der Waals surface area contributed by atoms with Gasteiger partial charge >= 0.3 is 6.09 Å². The lowest BCUT2D eigenvalue weighted by Crippen LogP contribution is -2.47. The fourth-order valence-electron chi connectivity index (χ4n) is 3.85. The fourth-order valence-corrected chi connectivity index (χ4v) is 3.85. The van der Waals surface area contributed by atoms with Gasteiger partial charge in [-0.3, -0.25) is 19.6 Å². The molecule has 3 amide bonds. The van der Waals surface area contributed by atoms with Crippen molar-refractivity contribution in [2.24, 2.45) is 11.7 Å². The van der Waals surface area contributed by atoms with Gasteiger partial charge in [0.05, 0.1) is 31.2 Å². The molecule has 1 saturated carbocycles. The van der Waals surface area contributed by atoms with Gasteiger partial charge in [-0.1, -0.05) is 12.1 Å². The molecule has 0 radical (unpaired) electrons. The molecule has 0 saturated heterocycles. The summed E-state index contributed by atoms with van der Waals surface area (Å²) in [5.74, 6) is 0.272. The topological polar surface area (TPSA) is 132 Å². The second kappa shape index (κ2) is 8.99. The summed E-state index contributed by atoms with van der Waals surface area (Å²) in [7, 11) is 1.29. The van der Waals surface area contributed by atoms with Crippen LogP contribution >= 0.6 is 0 Å². The zero-order valence-corrected chi connectivity index (χ0v) is 18.3. The highest BCUT2D eigenvalue weighted by Crippen LogP contribution is 2.33. The molecule has 2 aromatic rings. The molecule has 1 unspecified atom stereocenters. The van der Waals surface area contributed by atoms with E-state index in [9.17, 15) is 14.4 Å². The van der Waals surface area contributed by atoms with Crippen molar-refractivity contribution in [3.05, 3.63) is 35.5 Å². The van der Waals surface area contributed by atoms with Crippen LogP contribution in [0.2, 0.25) is 0 Å². The van der Waals surface area contributed by atoms with Crippen molar-refractivity contribution in [2.45, 2.75) is 38.8 Å². The number of ether oxygens (including phenoxy) is 1. The number of benzene rings is 1. The molecule has 1 fully saturated rings. The van der Waals surface area contributed by atoms with Crippen LogP contribution in [0.5, 0.6) is 0 Å². The average molecular weight is 441 g/mol. The van der Waals surface area contributed by atoms with Gasteiger partial charge in [0.1, 0.15) is 5.69 Å². The second-order valence-electron chi connectivity index (χ2n) is 8.34. The van der Waals surface area contributed by atoms with Crippen LogP contribution in [0.25, 0.3) is 11.3 Å². The molecule has 0 bridgehead atoms. The van der Waals surface area contributed by atoms with Crippen molar-refractivity contribution in [2.75, 3.05) is 25.6 Å². The number of nitrogens with zero attached hydrogens (tertiary/aromatic N) is 3. The first-order valence-electron chi connectivity index (χ1n) is 10.7. The Balaban J connectivity index is 1.57. The zero-order valence-electron chi connectivity index (χ0n) is 18.3. The van der Waals surface area contributed by atoms with Gasteiger partial charge in [0.25, 0.3) is 5.91 Å². The van der Waals surface area contributed by atoms with Crippen LogP contribution in [0, 0.1) is 5.92 Å². The van der Waals surface area contributed by atoms with E-state index in [1.54, 1.807) is 21.7 Å². The zero-order chi connectivity index (χ0) is 22.8. The SMILES string of the molecule is COC(=O)Nc1cc(CN)ccc1-c1cc2n(n1)C(C)CN(CNC(=O)CC1CC1)C2=O. The summed E-state index contributed by atoms with van der Waals surface area (Å²) in [6.07, 6.45) is 2.12.